The molecule has 0 amide bonds. The Bertz CT molecular complexity index is 203. The molecular formula is C7H10N3-. The number of anilines is 1. The topological polar surface area (TPSA) is 53.1 Å². The monoisotopic (exact) mass is 136 g/mol. The highest BCUT2D eigenvalue weighted by molar-refractivity contribution is 5.53. The van der Waals surface area contributed by atoms with E-state index in [9.17, 15) is 0 Å². The molecule has 1 aromatic rings. The van der Waals surface area contributed by atoms with Gasteiger partial charge in [-0.3, -0.25) is 0 Å². The molecule has 0 unspecified atom stereocenters. The van der Waals surface area contributed by atoms with Gasteiger partial charge in [-0.25, -0.2) is 5.84 Å². The maximum atomic E-state index is 7.17. The highest BCUT2D eigenvalue weighted by atomic mass is 15.4. The summed E-state index contributed by atoms with van der Waals surface area (Å²) in [5, 5.41) is 1.51. The Morgan fingerprint density at radius 1 is 1.30 bits per heavy atom. The first kappa shape index (κ1) is 6.89. The van der Waals surface area contributed by atoms with Crippen molar-refractivity contribution in [2.45, 2.75) is 0 Å². The zero-order valence-corrected chi connectivity index (χ0v) is 5.83. The molecule has 3 nitrogen and oxygen atoms in total. The van der Waals surface area contributed by atoms with Crippen molar-refractivity contribution >= 4 is 11.4 Å². The van der Waals surface area contributed by atoms with E-state index in [0.717, 1.165) is 5.69 Å². The number of nitrogens with one attached hydrogen (secondary N) is 1. The second kappa shape index (κ2) is 2.58. The van der Waals surface area contributed by atoms with Gasteiger partial charge in [0, 0.05) is 7.05 Å². The lowest BCUT2D eigenvalue weighted by Gasteiger charge is -2.12. The first-order valence-corrected chi connectivity index (χ1v) is 3.00. The molecule has 3 heteroatoms. The predicted molar refractivity (Wildman–Crippen MR) is 43.0 cm³/mol. The first-order chi connectivity index (χ1) is 4.70. The maximum Gasteiger partial charge on any atom is 0.0512 e. The number of nitrogens with zero attached hydrogens (tertiary/aromatic N) is 1. The lowest BCUT2D eigenvalue weighted by atomic mass is 10.3. The van der Waals surface area contributed by atoms with Gasteiger partial charge in [0.05, 0.1) is 5.69 Å². The van der Waals surface area contributed by atoms with Gasteiger partial charge in [0.2, 0.25) is 0 Å². The molecule has 0 spiro atoms. The van der Waals surface area contributed by atoms with Crippen molar-refractivity contribution in [1.82, 2.24) is 0 Å². The normalized spacial score (nSPS) is 9.40. The van der Waals surface area contributed by atoms with Crippen LogP contribution in [0.3, 0.4) is 0 Å². The van der Waals surface area contributed by atoms with Crippen molar-refractivity contribution in [1.29, 1.82) is 0 Å². The van der Waals surface area contributed by atoms with E-state index in [-0.39, 0.29) is 0 Å². The zero-order chi connectivity index (χ0) is 7.56. The van der Waals surface area contributed by atoms with Crippen molar-refractivity contribution in [3.8, 4) is 0 Å². The van der Waals surface area contributed by atoms with Gasteiger partial charge in [0.25, 0.3) is 0 Å². The molecule has 1 rings (SSSR count). The third kappa shape index (κ3) is 1.39. The summed E-state index contributed by atoms with van der Waals surface area (Å²) >= 11 is 0. The van der Waals surface area contributed by atoms with Crippen LogP contribution in [-0.4, -0.2) is 7.05 Å². The molecule has 0 saturated heterocycles. The fourth-order valence-corrected chi connectivity index (χ4v) is 0.697. The lowest BCUT2D eigenvalue weighted by Crippen LogP contribution is -2.24. The molecule has 0 radical (unpaired) electrons. The Balaban J connectivity index is 2.89. The fourth-order valence-electron chi connectivity index (χ4n) is 0.697. The standard InChI is InChI=1S/C7H10N3/c1-10(9)7-4-2-6(8)3-5-7/h2-5,8H,9H2,1H3/q-1. The molecule has 0 aromatic heterocycles. The van der Waals surface area contributed by atoms with Crippen molar-refractivity contribution in [3.63, 3.8) is 0 Å². The summed E-state index contributed by atoms with van der Waals surface area (Å²) in [5.41, 5.74) is 8.59. The largest absolute Gasteiger partial charge is 0.699 e. The van der Waals surface area contributed by atoms with Gasteiger partial charge in [0.1, 0.15) is 0 Å². The summed E-state index contributed by atoms with van der Waals surface area (Å²) in [6.07, 6.45) is 0. The Morgan fingerprint density at radius 2 is 1.80 bits per heavy atom. The molecule has 1 aromatic carbocycles. The van der Waals surface area contributed by atoms with Gasteiger partial charge in [-0.2, -0.15) is 0 Å². The van der Waals surface area contributed by atoms with Crippen LogP contribution in [-0.2, 0) is 0 Å². The summed E-state index contributed by atoms with van der Waals surface area (Å²) in [5.74, 6) is 5.44. The Labute approximate surface area is 60.2 Å². The Morgan fingerprint density at radius 3 is 2.20 bits per heavy atom. The molecule has 0 bridgehead atoms. The van der Waals surface area contributed by atoms with Crippen molar-refractivity contribution in [3.05, 3.63) is 30.0 Å². The van der Waals surface area contributed by atoms with E-state index in [4.69, 9.17) is 11.6 Å². The van der Waals surface area contributed by atoms with Crippen LogP contribution >= 0.6 is 0 Å². The van der Waals surface area contributed by atoms with Gasteiger partial charge >= 0.3 is 0 Å². The molecule has 0 heterocycles. The Hall–Kier alpha value is -1.22. The minimum atomic E-state index is 0.505. The van der Waals surface area contributed by atoms with Crippen LogP contribution < -0.4 is 10.9 Å². The number of hydrogen-bond acceptors (Lipinski definition) is 2. The van der Waals surface area contributed by atoms with Crippen LogP contribution in [0.1, 0.15) is 0 Å². The highest BCUT2D eigenvalue weighted by Crippen LogP contribution is 2.15. The lowest BCUT2D eigenvalue weighted by molar-refractivity contribution is 1.02. The minimum absolute atomic E-state index is 0.505. The SMILES string of the molecule is CN(N)c1ccc([NH-])cc1. The first-order valence-electron chi connectivity index (χ1n) is 3.00. The summed E-state index contributed by atoms with van der Waals surface area (Å²) < 4.78 is 0. The molecule has 3 N–H and O–H groups in total. The molecule has 0 saturated carbocycles. The molecule has 0 fully saturated rings. The highest BCUT2D eigenvalue weighted by Gasteiger charge is 1.89. The average Bonchev–Trinajstić information content (AvgIpc) is 1.88. The summed E-state index contributed by atoms with van der Waals surface area (Å²) in [6, 6.07) is 7.03. The third-order valence-corrected chi connectivity index (χ3v) is 1.27. The van der Waals surface area contributed by atoms with Crippen LogP contribution in [0.4, 0.5) is 11.4 Å². The predicted octanol–water partition coefficient (Wildman–Crippen LogP) is 1.68. The van der Waals surface area contributed by atoms with Crippen molar-refractivity contribution in [2.24, 2.45) is 5.84 Å². The van der Waals surface area contributed by atoms with Crippen LogP contribution in [0.15, 0.2) is 24.3 Å². The van der Waals surface area contributed by atoms with Crippen LogP contribution in [0.2, 0.25) is 0 Å². The molecule has 10 heavy (non-hydrogen) atoms. The van der Waals surface area contributed by atoms with E-state index >= 15 is 0 Å². The van der Waals surface area contributed by atoms with E-state index < -0.39 is 0 Å². The molecule has 0 aliphatic carbocycles. The van der Waals surface area contributed by atoms with Crippen LogP contribution in [0.5, 0.6) is 0 Å². The van der Waals surface area contributed by atoms with Crippen LogP contribution in [0.25, 0.3) is 5.73 Å². The molecule has 0 aliphatic rings. The van der Waals surface area contributed by atoms with Gasteiger partial charge in [0.15, 0.2) is 0 Å². The second-order valence-corrected chi connectivity index (χ2v) is 2.16. The summed E-state index contributed by atoms with van der Waals surface area (Å²) in [7, 11) is 1.76. The van der Waals surface area contributed by atoms with Crippen molar-refractivity contribution < 1.29 is 0 Å². The zero-order valence-electron chi connectivity index (χ0n) is 5.83. The van der Waals surface area contributed by atoms with Crippen molar-refractivity contribution in [2.75, 3.05) is 12.1 Å². The number of rotatable bonds is 1. The molecule has 0 atom stereocenters. The van der Waals surface area contributed by atoms with E-state index in [1.54, 1.807) is 19.2 Å². The smallest absolute Gasteiger partial charge is 0.0512 e. The van der Waals surface area contributed by atoms with E-state index in [2.05, 4.69) is 0 Å². The second-order valence-electron chi connectivity index (χ2n) is 2.16. The maximum absolute atomic E-state index is 7.17. The fraction of sp³-hybridized carbons (Fsp3) is 0.143. The number of benzene rings is 1. The van der Waals surface area contributed by atoms with Gasteiger partial charge in [-0.1, -0.05) is 12.1 Å². The third-order valence-electron chi connectivity index (χ3n) is 1.27. The average molecular weight is 136 g/mol. The van der Waals surface area contributed by atoms with Gasteiger partial charge in [-0.15, -0.1) is 5.69 Å². The minimum Gasteiger partial charge on any atom is -0.699 e. The van der Waals surface area contributed by atoms with E-state index in [0.29, 0.717) is 5.69 Å². The van der Waals surface area contributed by atoms with Gasteiger partial charge in [-0.05, 0) is 12.1 Å². The molecule has 54 valence electrons. The number of nitrogens with two attached hydrogens (primary N) is 1. The number of hydrazine groups is 1. The van der Waals surface area contributed by atoms with Crippen LogP contribution in [0, 0.1) is 0 Å². The van der Waals surface area contributed by atoms with E-state index in [1.165, 1.54) is 5.01 Å². The molecular weight excluding hydrogens is 126 g/mol. The summed E-state index contributed by atoms with van der Waals surface area (Å²) in [4.78, 5) is 0. The van der Waals surface area contributed by atoms with E-state index in [1.807, 2.05) is 12.1 Å². The quantitative estimate of drug-likeness (QED) is 0.471. The molecule has 0 aliphatic heterocycles. The summed E-state index contributed by atoms with van der Waals surface area (Å²) in [6.45, 7) is 0. The number of hydrogen-bond donors (Lipinski definition) is 1. The Kier molecular flexibility index (Phi) is 1.78. The van der Waals surface area contributed by atoms with Gasteiger partial charge < -0.3 is 10.7 Å².